The first-order valence-electron chi connectivity index (χ1n) is 7.88. The van der Waals surface area contributed by atoms with Crippen LogP contribution in [0.3, 0.4) is 0 Å². The highest BCUT2D eigenvalue weighted by atomic mass is 35.5. The first-order chi connectivity index (χ1) is 12.9. The summed E-state index contributed by atoms with van der Waals surface area (Å²) >= 11 is 13.3. The summed E-state index contributed by atoms with van der Waals surface area (Å²) in [7, 11) is 0. The SMILES string of the molecule is CSc1nc(C(=O)OC(C)C(=O)Nc2ccc(Cl)cc2Cl)c2ccccn12. The van der Waals surface area contributed by atoms with Crippen molar-refractivity contribution in [1.82, 2.24) is 9.38 Å². The van der Waals surface area contributed by atoms with Gasteiger partial charge in [-0.05, 0) is 43.5 Å². The van der Waals surface area contributed by atoms with Crippen molar-refractivity contribution in [2.45, 2.75) is 18.2 Å². The van der Waals surface area contributed by atoms with Gasteiger partial charge in [-0.2, -0.15) is 0 Å². The molecule has 1 atom stereocenters. The summed E-state index contributed by atoms with van der Waals surface area (Å²) in [5.74, 6) is -1.19. The van der Waals surface area contributed by atoms with Gasteiger partial charge in [0.25, 0.3) is 5.91 Å². The van der Waals surface area contributed by atoms with Gasteiger partial charge in [0.15, 0.2) is 17.0 Å². The van der Waals surface area contributed by atoms with Crippen LogP contribution in [0.5, 0.6) is 0 Å². The smallest absolute Gasteiger partial charge is 0.360 e. The molecule has 0 saturated heterocycles. The Hall–Kier alpha value is -2.22. The Morgan fingerprint density at radius 1 is 1.26 bits per heavy atom. The number of amides is 1. The number of hydrogen-bond acceptors (Lipinski definition) is 5. The number of hydrogen-bond donors (Lipinski definition) is 1. The average Bonchev–Trinajstić information content (AvgIpc) is 3.03. The fourth-order valence-electron chi connectivity index (χ4n) is 2.40. The standard InChI is InChI=1S/C18H15Cl2N3O3S/c1-10(16(24)21-13-7-6-11(19)9-12(13)20)26-17(25)15-14-5-3-4-8-23(14)18(22-15)27-2/h3-10H,1-2H3,(H,21,24). The number of ether oxygens (including phenoxy) is 1. The Bertz CT molecular complexity index is 1020. The minimum Gasteiger partial charge on any atom is -0.448 e. The van der Waals surface area contributed by atoms with E-state index in [4.69, 9.17) is 27.9 Å². The first kappa shape index (κ1) is 19.5. The summed E-state index contributed by atoms with van der Waals surface area (Å²) in [5, 5.41) is 4.01. The number of thioether (sulfide) groups is 1. The molecule has 0 aliphatic carbocycles. The Kier molecular flexibility index (Phi) is 5.94. The summed E-state index contributed by atoms with van der Waals surface area (Å²) in [4.78, 5) is 29.2. The van der Waals surface area contributed by atoms with Gasteiger partial charge in [0.2, 0.25) is 0 Å². The lowest BCUT2D eigenvalue weighted by Crippen LogP contribution is -2.30. The Morgan fingerprint density at radius 3 is 2.74 bits per heavy atom. The highest BCUT2D eigenvalue weighted by Crippen LogP contribution is 2.26. The Labute approximate surface area is 169 Å². The highest BCUT2D eigenvalue weighted by Gasteiger charge is 2.24. The van der Waals surface area contributed by atoms with Gasteiger partial charge in [-0.25, -0.2) is 9.78 Å². The maximum Gasteiger partial charge on any atom is 0.360 e. The number of carbonyl (C=O) groups is 2. The van der Waals surface area contributed by atoms with Gasteiger partial charge in [0.1, 0.15) is 0 Å². The van der Waals surface area contributed by atoms with E-state index in [0.29, 0.717) is 26.4 Å². The second-order valence-corrected chi connectivity index (χ2v) is 7.18. The van der Waals surface area contributed by atoms with Crippen molar-refractivity contribution in [3.05, 3.63) is 58.3 Å². The third kappa shape index (κ3) is 4.21. The lowest BCUT2D eigenvalue weighted by atomic mass is 10.3. The number of rotatable bonds is 5. The van der Waals surface area contributed by atoms with Crippen LogP contribution in [-0.4, -0.2) is 33.6 Å². The van der Waals surface area contributed by atoms with Crippen LogP contribution in [0.15, 0.2) is 47.8 Å². The van der Waals surface area contributed by atoms with E-state index in [-0.39, 0.29) is 5.69 Å². The minimum absolute atomic E-state index is 0.157. The van der Waals surface area contributed by atoms with Gasteiger partial charge in [-0.15, -0.1) is 0 Å². The largest absolute Gasteiger partial charge is 0.448 e. The molecule has 1 amide bonds. The molecule has 2 heterocycles. The Morgan fingerprint density at radius 2 is 2.04 bits per heavy atom. The van der Waals surface area contributed by atoms with Crippen LogP contribution in [0.25, 0.3) is 5.52 Å². The van der Waals surface area contributed by atoms with Gasteiger partial charge >= 0.3 is 5.97 Å². The first-order valence-corrected chi connectivity index (χ1v) is 9.86. The predicted molar refractivity (Wildman–Crippen MR) is 107 cm³/mol. The number of benzene rings is 1. The van der Waals surface area contributed by atoms with E-state index in [9.17, 15) is 9.59 Å². The monoisotopic (exact) mass is 423 g/mol. The maximum absolute atomic E-state index is 12.5. The molecule has 1 N–H and O–H groups in total. The van der Waals surface area contributed by atoms with Crippen molar-refractivity contribution in [3.63, 3.8) is 0 Å². The maximum atomic E-state index is 12.5. The van der Waals surface area contributed by atoms with Crippen LogP contribution in [-0.2, 0) is 9.53 Å². The number of anilines is 1. The lowest BCUT2D eigenvalue weighted by molar-refractivity contribution is -0.123. The molecule has 3 rings (SSSR count). The van der Waals surface area contributed by atoms with E-state index in [1.54, 1.807) is 28.7 Å². The van der Waals surface area contributed by atoms with E-state index in [0.717, 1.165) is 0 Å². The molecule has 0 fully saturated rings. The zero-order chi connectivity index (χ0) is 19.6. The molecule has 0 aliphatic rings. The van der Waals surface area contributed by atoms with E-state index >= 15 is 0 Å². The lowest BCUT2D eigenvalue weighted by Gasteiger charge is -2.13. The topological polar surface area (TPSA) is 72.7 Å². The van der Waals surface area contributed by atoms with Crippen LogP contribution in [0, 0.1) is 0 Å². The number of carbonyl (C=O) groups excluding carboxylic acids is 2. The summed E-state index contributed by atoms with van der Waals surface area (Å²) in [6, 6.07) is 10.1. The third-order valence-electron chi connectivity index (χ3n) is 3.73. The van der Waals surface area contributed by atoms with Gasteiger partial charge in [0, 0.05) is 11.2 Å². The van der Waals surface area contributed by atoms with E-state index in [1.807, 2.05) is 18.5 Å². The molecule has 27 heavy (non-hydrogen) atoms. The van der Waals surface area contributed by atoms with Crippen molar-refractivity contribution in [3.8, 4) is 0 Å². The molecule has 3 aromatic rings. The Balaban J connectivity index is 1.75. The zero-order valence-corrected chi connectivity index (χ0v) is 16.7. The normalized spacial score (nSPS) is 12.0. The van der Waals surface area contributed by atoms with Crippen LogP contribution < -0.4 is 5.32 Å². The molecule has 9 heteroatoms. The average molecular weight is 424 g/mol. The molecule has 0 spiro atoms. The molecule has 1 unspecified atom stereocenters. The molecule has 6 nitrogen and oxygen atoms in total. The predicted octanol–water partition coefficient (Wildman–Crippen LogP) is 4.55. The number of esters is 1. The number of aromatic nitrogens is 2. The zero-order valence-electron chi connectivity index (χ0n) is 14.4. The third-order valence-corrected chi connectivity index (χ3v) is 4.93. The highest BCUT2D eigenvalue weighted by molar-refractivity contribution is 7.98. The van der Waals surface area contributed by atoms with Gasteiger partial charge in [0.05, 0.1) is 16.2 Å². The summed E-state index contributed by atoms with van der Waals surface area (Å²) in [5.41, 5.74) is 1.15. The molecule has 0 saturated carbocycles. The van der Waals surface area contributed by atoms with Gasteiger partial charge < -0.3 is 10.1 Å². The summed E-state index contributed by atoms with van der Waals surface area (Å²) in [6.07, 6.45) is 2.63. The molecule has 0 radical (unpaired) electrons. The van der Waals surface area contributed by atoms with Crippen molar-refractivity contribution in [1.29, 1.82) is 0 Å². The number of fused-ring (bicyclic) bond motifs is 1. The fourth-order valence-corrected chi connectivity index (χ4v) is 3.39. The molecule has 0 aliphatic heterocycles. The molecule has 140 valence electrons. The second kappa shape index (κ2) is 8.21. The van der Waals surface area contributed by atoms with Gasteiger partial charge in [-0.3, -0.25) is 9.20 Å². The quantitative estimate of drug-likeness (QED) is 0.481. The van der Waals surface area contributed by atoms with Crippen LogP contribution in [0.1, 0.15) is 17.4 Å². The summed E-state index contributed by atoms with van der Waals surface area (Å²) < 4.78 is 7.09. The van der Waals surface area contributed by atoms with Crippen LogP contribution in [0.2, 0.25) is 10.0 Å². The van der Waals surface area contributed by atoms with Crippen LogP contribution in [0.4, 0.5) is 5.69 Å². The van der Waals surface area contributed by atoms with E-state index in [2.05, 4.69) is 10.3 Å². The number of nitrogens with zero attached hydrogens (tertiary/aromatic N) is 2. The molecular formula is C18H15Cl2N3O3S. The van der Waals surface area contributed by atoms with Crippen molar-refractivity contribution in [2.75, 3.05) is 11.6 Å². The van der Waals surface area contributed by atoms with Crippen molar-refractivity contribution < 1.29 is 14.3 Å². The number of halogens is 2. The van der Waals surface area contributed by atoms with Crippen molar-refractivity contribution >= 4 is 58.0 Å². The van der Waals surface area contributed by atoms with Crippen molar-refractivity contribution in [2.24, 2.45) is 0 Å². The minimum atomic E-state index is -1.04. The molecule has 0 bridgehead atoms. The fraction of sp³-hybridized carbons (Fsp3) is 0.167. The van der Waals surface area contributed by atoms with Gasteiger partial charge in [-0.1, -0.05) is 41.0 Å². The number of imidazole rings is 1. The molecule has 1 aromatic carbocycles. The van der Waals surface area contributed by atoms with Crippen LogP contribution >= 0.6 is 35.0 Å². The van der Waals surface area contributed by atoms with E-state index < -0.39 is 18.0 Å². The summed E-state index contributed by atoms with van der Waals surface area (Å²) in [6.45, 7) is 1.48. The molecule has 2 aromatic heterocycles. The second-order valence-electron chi connectivity index (χ2n) is 5.56. The molecular weight excluding hydrogens is 409 g/mol. The number of nitrogens with one attached hydrogen (secondary N) is 1. The number of pyridine rings is 1. The van der Waals surface area contributed by atoms with E-state index in [1.165, 1.54) is 24.8 Å².